The van der Waals surface area contributed by atoms with E-state index in [2.05, 4.69) is 17.3 Å². The van der Waals surface area contributed by atoms with Gasteiger partial charge >= 0.3 is 5.97 Å². The van der Waals surface area contributed by atoms with Crippen LogP contribution in [-0.2, 0) is 14.3 Å². The van der Waals surface area contributed by atoms with Gasteiger partial charge in [0.05, 0.1) is 6.61 Å². The Morgan fingerprint density at radius 2 is 2.05 bits per heavy atom. The summed E-state index contributed by atoms with van der Waals surface area (Å²) in [6.07, 6.45) is 1.09. The smallest absolute Gasteiger partial charge is 0.319 e. The first kappa shape index (κ1) is 17.0. The van der Waals surface area contributed by atoms with Gasteiger partial charge in [-0.2, -0.15) is 0 Å². The van der Waals surface area contributed by atoms with Crippen molar-refractivity contribution in [2.45, 2.75) is 34.1 Å². The lowest BCUT2D eigenvalue weighted by Gasteiger charge is -2.28. The first-order chi connectivity index (χ1) is 9.25. The number of esters is 1. The zero-order valence-electron chi connectivity index (χ0n) is 13.4. The van der Waals surface area contributed by atoms with Gasteiger partial charge in [0, 0.05) is 13.1 Å². The predicted molar refractivity (Wildman–Crippen MR) is 78.2 cm³/mol. The SMILES string of the molecule is CCOC(=O)C(C(=O)NCC1CCN(C)C1)C(C)(C)C. The molecule has 1 saturated heterocycles. The minimum atomic E-state index is -0.749. The zero-order chi connectivity index (χ0) is 15.3. The Bertz CT molecular complexity index is 350. The number of likely N-dealkylation sites (tertiary alicyclic amines) is 1. The van der Waals surface area contributed by atoms with Gasteiger partial charge in [-0.15, -0.1) is 0 Å². The lowest BCUT2D eigenvalue weighted by Crippen LogP contribution is -2.45. The van der Waals surface area contributed by atoms with Gasteiger partial charge in [-0.3, -0.25) is 9.59 Å². The number of nitrogens with zero attached hydrogens (tertiary/aromatic N) is 1. The summed E-state index contributed by atoms with van der Waals surface area (Å²) < 4.78 is 5.03. The molecule has 1 fully saturated rings. The van der Waals surface area contributed by atoms with E-state index in [1.165, 1.54) is 0 Å². The molecule has 0 aromatic heterocycles. The van der Waals surface area contributed by atoms with E-state index in [0.717, 1.165) is 19.5 Å². The predicted octanol–water partition coefficient (Wildman–Crippen LogP) is 1.28. The van der Waals surface area contributed by atoms with Crippen LogP contribution in [0.5, 0.6) is 0 Å². The minimum Gasteiger partial charge on any atom is -0.465 e. The quantitative estimate of drug-likeness (QED) is 0.610. The van der Waals surface area contributed by atoms with Crippen molar-refractivity contribution < 1.29 is 14.3 Å². The highest BCUT2D eigenvalue weighted by Gasteiger charge is 2.39. The second-order valence-electron chi connectivity index (χ2n) is 6.71. The maximum Gasteiger partial charge on any atom is 0.319 e. The summed E-state index contributed by atoms with van der Waals surface area (Å²) >= 11 is 0. The average molecular weight is 284 g/mol. The summed E-state index contributed by atoms with van der Waals surface area (Å²) in [6, 6.07) is 0. The van der Waals surface area contributed by atoms with Crippen LogP contribution in [0.4, 0.5) is 0 Å². The number of ether oxygens (including phenoxy) is 1. The normalized spacial score (nSPS) is 21.6. The Hall–Kier alpha value is -1.10. The molecule has 1 heterocycles. The van der Waals surface area contributed by atoms with Crippen molar-refractivity contribution in [2.24, 2.45) is 17.3 Å². The van der Waals surface area contributed by atoms with Gasteiger partial charge in [-0.1, -0.05) is 20.8 Å². The van der Waals surface area contributed by atoms with Crippen LogP contribution in [0.25, 0.3) is 0 Å². The van der Waals surface area contributed by atoms with Crippen LogP contribution in [-0.4, -0.2) is 50.1 Å². The highest BCUT2D eigenvalue weighted by Crippen LogP contribution is 2.27. The summed E-state index contributed by atoms with van der Waals surface area (Å²) in [6.45, 7) is 10.4. The van der Waals surface area contributed by atoms with Crippen LogP contribution in [0.2, 0.25) is 0 Å². The molecule has 1 amide bonds. The third kappa shape index (κ3) is 4.78. The molecule has 0 spiro atoms. The van der Waals surface area contributed by atoms with E-state index in [0.29, 0.717) is 19.1 Å². The van der Waals surface area contributed by atoms with E-state index in [9.17, 15) is 9.59 Å². The van der Waals surface area contributed by atoms with Gasteiger partial charge < -0.3 is 15.0 Å². The fourth-order valence-corrected chi connectivity index (χ4v) is 2.62. The van der Waals surface area contributed by atoms with Gasteiger partial charge in [-0.25, -0.2) is 0 Å². The molecule has 0 bridgehead atoms. The first-order valence-electron chi connectivity index (χ1n) is 7.38. The molecule has 1 rings (SSSR count). The van der Waals surface area contributed by atoms with Gasteiger partial charge in [0.2, 0.25) is 5.91 Å². The summed E-state index contributed by atoms with van der Waals surface area (Å²) in [4.78, 5) is 26.6. The molecule has 0 aromatic rings. The summed E-state index contributed by atoms with van der Waals surface area (Å²) in [7, 11) is 2.08. The van der Waals surface area contributed by atoms with Crippen LogP contribution in [0.15, 0.2) is 0 Å². The third-order valence-corrected chi connectivity index (χ3v) is 3.70. The lowest BCUT2D eigenvalue weighted by molar-refractivity contribution is -0.156. The summed E-state index contributed by atoms with van der Waals surface area (Å²) in [5.41, 5.74) is -0.442. The van der Waals surface area contributed by atoms with Crippen molar-refractivity contribution in [3.63, 3.8) is 0 Å². The van der Waals surface area contributed by atoms with E-state index in [1.807, 2.05) is 20.8 Å². The van der Waals surface area contributed by atoms with E-state index in [1.54, 1.807) is 6.92 Å². The van der Waals surface area contributed by atoms with Gasteiger partial charge in [0.1, 0.15) is 5.92 Å². The average Bonchev–Trinajstić information content (AvgIpc) is 2.71. The largest absolute Gasteiger partial charge is 0.465 e. The highest BCUT2D eigenvalue weighted by molar-refractivity contribution is 5.98. The number of carbonyl (C=O) groups excluding carboxylic acids is 2. The molecule has 0 aliphatic carbocycles. The van der Waals surface area contributed by atoms with Crippen molar-refractivity contribution in [3.8, 4) is 0 Å². The molecule has 0 saturated carbocycles. The highest BCUT2D eigenvalue weighted by atomic mass is 16.5. The minimum absolute atomic E-state index is 0.217. The Balaban J connectivity index is 2.57. The number of hydrogen-bond acceptors (Lipinski definition) is 4. The number of amides is 1. The Morgan fingerprint density at radius 1 is 1.40 bits per heavy atom. The molecule has 1 aliphatic rings. The standard InChI is InChI=1S/C15H28N2O3/c1-6-20-14(19)12(15(2,3)4)13(18)16-9-11-7-8-17(5)10-11/h11-12H,6-10H2,1-5H3,(H,16,18). The van der Waals surface area contributed by atoms with E-state index in [4.69, 9.17) is 4.74 Å². The molecule has 2 unspecified atom stereocenters. The number of hydrogen-bond donors (Lipinski definition) is 1. The van der Waals surface area contributed by atoms with Crippen molar-refractivity contribution >= 4 is 11.9 Å². The van der Waals surface area contributed by atoms with Crippen LogP contribution >= 0.6 is 0 Å². The monoisotopic (exact) mass is 284 g/mol. The van der Waals surface area contributed by atoms with Gasteiger partial charge in [-0.05, 0) is 38.3 Å². The molecule has 1 N–H and O–H groups in total. The van der Waals surface area contributed by atoms with E-state index in [-0.39, 0.29) is 5.91 Å². The van der Waals surface area contributed by atoms with Gasteiger partial charge in [0.25, 0.3) is 0 Å². The van der Waals surface area contributed by atoms with Crippen LogP contribution in [0, 0.1) is 17.3 Å². The van der Waals surface area contributed by atoms with E-state index >= 15 is 0 Å². The van der Waals surface area contributed by atoms with Crippen LogP contribution < -0.4 is 5.32 Å². The fraction of sp³-hybridized carbons (Fsp3) is 0.867. The molecule has 5 heteroatoms. The zero-order valence-corrected chi connectivity index (χ0v) is 13.4. The van der Waals surface area contributed by atoms with Crippen LogP contribution in [0.1, 0.15) is 34.1 Å². The molecular weight excluding hydrogens is 256 g/mol. The third-order valence-electron chi connectivity index (χ3n) is 3.70. The Kier molecular flexibility index (Phi) is 5.99. The second-order valence-corrected chi connectivity index (χ2v) is 6.71. The summed E-state index contributed by atoms with van der Waals surface area (Å²) in [5, 5.41) is 2.92. The van der Waals surface area contributed by atoms with Crippen molar-refractivity contribution in [1.29, 1.82) is 0 Å². The first-order valence-corrected chi connectivity index (χ1v) is 7.38. The number of nitrogens with one attached hydrogen (secondary N) is 1. The maximum absolute atomic E-state index is 12.3. The lowest BCUT2D eigenvalue weighted by atomic mass is 9.80. The number of rotatable bonds is 5. The summed E-state index contributed by atoms with van der Waals surface area (Å²) in [5.74, 6) is -0.917. The molecule has 20 heavy (non-hydrogen) atoms. The second kappa shape index (κ2) is 7.07. The van der Waals surface area contributed by atoms with Crippen molar-refractivity contribution in [2.75, 3.05) is 33.3 Å². The van der Waals surface area contributed by atoms with Crippen molar-refractivity contribution in [3.05, 3.63) is 0 Å². The Labute approximate surface area is 122 Å². The molecule has 2 atom stereocenters. The van der Waals surface area contributed by atoms with Gasteiger partial charge in [0.15, 0.2) is 0 Å². The van der Waals surface area contributed by atoms with Crippen molar-refractivity contribution in [1.82, 2.24) is 10.2 Å². The molecular formula is C15H28N2O3. The Morgan fingerprint density at radius 3 is 2.50 bits per heavy atom. The fourth-order valence-electron chi connectivity index (χ4n) is 2.62. The molecule has 0 aromatic carbocycles. The molecule has 1 aliphatic heterocycles. The molecule has 5 nitrogen and oxygen atoms in total. The molecule has 0 radical (unpaired) electrons. The molecule has 116 valence electrons. The van der Waals surface area contributed by atoms with Crippen LogP contribution in [0.3, 0.4) is 0 Å². The number of carbonyl (C=O) groups is 2. The topological polar surface area (TPSA) is 58.6 Å². The maximum atomic E-state index is 12.3. The van der Waals surface area contributed by atoms with E-state index < -0.39 is 17.3 Å².